The number of anilines is 1. The van der Waals surface area contributed by atoms with E-state index in [1.807, 2.05) is 24.3 Å². The van der Waals surface area contributed by atoms with Gasteiger partial charge in [0.15, 0.2) is 0 Å². The average Bonchev–Trinajstić information content (AvgIpc) is 3.16. The van der Waals surface area contributed by atoms with E-state index in [9.17, 15) is 24.8 Å². The minimum atomic E-state index is -1.15. The third-order valence-electron chi connectivity index (χ3n) is 5.42. The lowest BCUT2D eigenvalue weighted by molar-refractivity contribution is -0.385. The second-order valence-corrected chi connectivity index (χ2v) is 7.12. The van der Waals surface area contributed by atoms with Crippen LogP contribution in [-0.4, -0.2) is 22.0 Å². The Morgan fingerprint density at radius 3 is 2.55 bits per heavy atom. The van der Waals surface area contributed by atoms with Crippen molar-refractivity contribution < 1.29 is 24.4 Å². The molecule has 2 N–H and O–H groups in total. The summed E-state index contributed by atoms with van der Waals surface area (Å²) in [6.07, 6.45) is 4.61. The van der Waals surface area contributed by atoms with Gasteiger partial charge in [-0.1, -0.05) is 24.3 Å². The predicted molar refractivity (Wildman–Crippen MR) is 104 cm³/mol. The van der Waals surface area contributed by atoms with Crippen LogP contribution in [0, 0.1) is 16.0 Å². The van der Waals surface area contributed by atoms with Crippen molar-refractivity contribution in [1.29, 1.82) is 0 Å². The molecule has 2 aromatic carbocycles. The molecule has 2 aliphatic rings. The standard InChI is InChI=1S/C21H18N2O6/c1-11(24)29-13-7-5-12(6-8-13)19-15-4-2-3-14(15)18-17(23(27)28)10-9-16(21(25)26)20(18)22-19/h2-3,5-10,14-15,19,22H,4H2,1H3,(H,25,26)/t14-,15-,19-/m1/s1. The summed E-state index contributed by atoms with van der Waals surface area (Å²) in [5.74, 6) is -1.40. The summed E-state index contributed by atoms with van der Waals surface area (Å²) in [4.78, 5) is 34.0. The number of carbonyl (C=O) groups excluding carboxylic acids is 1. The molecule has 8 nitrogen and oxygen atoms in total. The van der Waals surface area contributed by atoms with Crippen LogP contribution in [0.2, 0.25) is 0 Å². The zero-order valence-corrected chi connectivity index (χ0v) is 15.5. The van der Waals surface area contributed by atoms with Crippen molar-refractivity contribution in [3.05, 3.63) is 75.4 Å². The zero-order valence-electron chi connectivity index (χ0n) is 15.5. The fraction of sp³-hybridized carbons (Fsp3) is 0.238. The minimum Gasteiger partial charge on any atom is -0.478 e. The Morgan fingerprint density at radius 1 is 1.21 bits per heavy atom. The van der Waals surface area contributed by atoms with Crippen molar-refractivity contribution in [2.24, 2.45) is 5.92 Å². The maximum absolute atomic E-state index is 11.8. The van der Waals surface area contributed by atoms with E-state index in [-0.39, 0.29) is 34.8 Å². The van der Waals surface area contributed by atoms with Gasteiger partial charge in [0.25, 0.3) is 5.69 Å². The number of nitro groups is 1. The molecule has 0 saturated heterocycles. The normalized spacial score (nSPS) is 21.6. The number of aromatic carboxylic acids is 1. The number of hydrogen-bond donors (Lipinski definition) is 2. The van der Waals surface area contributed by atoms with Crippen LogP contribution in [0.1, 0.15) is 46.8 Å². The molecule has 1 heterocycles. The van der Waals surface area contributed by atoms with Crippen LogP contribution in [0.5, 0.6) is 5.75 Å². The van der Waals surface area contributed by atoms with Crippen molar-refractivity contribution in [2.75, 3.05) is 5.32 Å². The van der Waals surface area contributed by atoms with Gasteiger partial charge in [0.1, 0.15) is 5.75 Å². The first-order chi connectivity index (χ1) is 13.9. The Kier molecular flexibility index (Phi) is 4.54. The van der Waals surface area contributed by atoms with E-state index >= 15 is 0 Å². The molecule has 3 atom stereocenters. The van der Waals surface area contributed by atoms with Gasteiger partial charge in [0, 0.05) is 18.9 Å². The number of ether oxygens (including phenoxy) is 1. The van der Waals surface area contributed by atoms with Crippen LogP contribution >= 0.6 is 0 Å². The molecule has 2 aromatic rings. The number of allylic oxidation sites excluding steroid dienone is 2. The van der Waals surface area contributed by atoms with Crippen molar-refractivity contribution in [3.63, 3.8) is 0 Å². The second kappa shape index (κ2) is 7.05. The number of nitro benzene ring substituents is 1. The molecular formula is C21H18N2O6. The monoisotopic (exact) mass is 394 g/mol. The van der Waals surface area contributed by atoms with Crippen LogP contribution in [-0.2, 0) is 4.79 Å². The molecule has 0 amide bonds. The quantitative estimate of drug-likeness (QED) is 0.264. The van der Waals surface area contributed by atoms with Gasteiger partial charge in [-0.15, -0.1) is 0 Å². The smallest absolute Gasteiger partial charge is 0.337 e. The van der Waals surface area contributed by atoms with Gasteiger partial charge in [-0.2, -0.15) is 0 Å². The number of carboxylic acids is 1. The lowest BCUT2D eigenvalue weighted by Crippen LogP contribution is -2.31. The van der Waals surface area contributed by atoms with E-state index in [1.165, 1.54) is 19.1 Å². The van der Waals surface area contributed by atoms with Gasteiger partial charge < -0.3 is 15.2 Å². The molecule has 0 spiro atoms. The van der Waals surface area contributed by atoms with Crippen LogP contribution in [0.25, 0.3) is 0 Å². The van der Waals surface area contributed by atoms with Gasteiger partial charge >= 0.3 is 11.9 Å². The van der Waals surface area contributed by atoms with Crippen LogP contribution in [0.4, 0.5) is 11.4 Å². The fourth-order valence-electron chi connectivity index (χ4n) is 4.27. The summed E-state index contributed by atoms with van der Waals surface area (Å²) in [6, 6.07) is 9.28. The third-order valence-corrected chi connectivity index (χ3v) is 5.42. The summed E-state index contributed by atoms with van der Waals surface area (Å²) >= 11 is 0. The van der Waals surface area contributed by atoms with Crippen molar-refractivity contribution in [1.82, 2.24) is 0 Å². The Balaban J connectivity index is 1.80. The highest BCUT2D eigenvalue weighted by atomic mass is 16.6. The predicted octanol–water partition coefficient (Wildman–Crippen LogP) is 4.04. The molecular weight excluding hydrogens is 376 g/mol. The first-order valence-corrected chi connectivity index (χ1v) is 9.13. The Morgan fingerprint density at radius 2 is 1.93 bits per heavy atom. The van der Waals surface area contributed by atoms with E-state index in [0.29, 0.717) is 17.7 Å². The molecule has 0 saturated carbocycles. The van der Waals surface area contributed by atoms with E-state index in [2.05, 4.69) is 5.32 Å². The van der Waals surface area contributed by atoms with Crippen molar-refractivity contribution >= 4 is 23.3 Å². The van der Waals surface area contributed by atoms with Gasteiger partial charge in [-0.3, -0.25) is 14.9 Å². The molecule has 4 rings (SSSR count). The molecule has 148 valence electrons. The maximum Gasteiger partial charge on any atom is 0.337 e. The molecule has 1 aliphatic heterocycles. The molecule has 0 fully saturated rings. The number of carboxylic acid groups (broad SMARTS) is 1. The number of benzene rings is 2. The average molecular weight is 394 g/mol. The fourth-order valence-corrected chi connectivity index (χ4v) is 4.27. The lowest BCUT2D eigenvalue weighted by atomic mass is 9.75. The summed E-state index contributed by atoms with van der Waals surface area (Å²) in [5, 5.41) is 24.5. The largest absolute Gasteiger partial charge is 0.478 e. The number of rotatable bonds is 4. The molecule has 0 radical (unpaired) electrons. The molecule has 1 aliphatic carbocycles. The van der Waals surface area contributed by atoms with Gasteiger partial charge in [0.2, 0.25) is 0 Å². The van der Waals surface area contributed by atoms with Gasteiger partial charge in [0.05, 0.1) is 27.8 Å². The Hall–Kier alpha value is -3.68. The van der Waals surface area contributed by atoms with Gasteiger partial charge in [-0.25, -0.2) is 4.79 Å². The highest BCUT2D eigenvalue weighted by Gasteiger charge is 2.43. The van der Waals surface area contributed by atoms with Crippen molar-refractivity contribution in [3.8, 4) is 5.75 Å². The number of nitrogens with one attached hydrogen (secondary N) is 1. The van der Waals surface area contributed by atoms with Gasteiger partial charge in [-0.05, 0) is 36.1 Å². The number of esters is 1. The SMILES string of the molecule is CC(=O)Oc1ccc([C@H]2Nc3c(C(=O)O)ccc([N+](=O)[O-])c3[C@@H]3C=CC[C@@H]23)cc1. The molecule has 0 aromatic heterocycles. The van der Waals surface area contributed by atoms with Crippen LogP contribution < -0.4 is 10.1 Å². The first kappa shape index (κ1) is 18.7. The van der Waals surface area contributed by atoms with Crippen LogP contribution in [0.3, 0.4) is 0 Å². The number of nitrogens with zero attached hydrogens (tertiary/aromatic N) is 1. The molecule has 8 heteroatoms. The van der Waals surface area contributed by atoms with E-state index in [4.69, 9.17) is 4.74 Å². The first-order valence-electron chi connectivity index (χ1n) is 9.13. The zero-order chi connectivity index (χ0) is 20.7. The van der Waals surface area contributed by atoms with E-state index in [0.717, 1.165) is 5.56 Å². The minimum absolute atomic E-state index is 0.00446. The van der Waals surface area contributed by atoms with E-state index in [1.54, 1.807) is 12.1 Å². The Bertz CT molecular complexity index is 1040. The van der Waals surface area contributed by atoms with Crippen LogP contribution in [0.15, 0.2) is 48.6 Å². The molecule has 29 heavy (non-hydrogen) atoms. The third kappa shape index (κ3) is 3.22. The summed E-state index contributed by atoms with van der Waals surface area (Å²) in [6.45, 7) is 1.32. The van der Waals surface area contributed by atoms with Crippen molar-refractivity contribution in [2.45, 2.75) is 25.3 Å². The molecule has 0 unspecified atom stereocenters. The maximum atomic E-state index is 11.8. The lowest BCUT2D eigenvalue weighted by Gasteiger charge is -2.37. The molecule has 0 bridgehead atoms. The number of carbonyl (C=O) groups is 2. The van der Waals surface area contributed by atoms with E-state index < -0.39 is 16.9 Å². The number of fused-ring (bicyclic) bond motifs is 3. The summed E-state index contributed by atoms with van der Waals surface area (Å²) < 4.78 is 5.07. The highest BCUT2D eigenvalue weighted by Crippen LogP contribution is 2.53. The topological polar surface area (TPSA) is 119 Å². The Labute approximate surface area is 166 Å². The number of hydrogen-bond acceptors (Lipinski definition) is 6. The summed E-state index contributed by atoms with van der Waals surface area (Å²) in [7, 11) is 0. The summed E-state index contributed by atoms with van der Waals surface area (Å²) in [5.41, 5.74) is 1.51. The highest BCUT2D eigenvalue weighted by molar-refractivity contribution is 5.97. The second-order valence-electron chi connectivity index (χ2n) is 7.12.